The largest absolute Gasteiger partial charge is 0.310 e. The summed E-state index contributed by atoms with van der Waals surface area (Å²) in [6.07, 6.45) is 0. The van der Waals surface area contributed by atoms with E-state index in [1.54, 1.807) is 0 Å². The Hall–Kier alpha value is -5.44. The Morgan fingerprint density at radius 2 is 0.880 bits per heavy atom. The summed E-state index contributed by atoms with van der Waals surface area (Å²) in [5, 5.41) is 2.64. The van der Waals surface area contributed by atoms with E-state index < -0.39 is 0 Å². The molecule has 1 aromatic heterocycles. The topological polar surface area (TPSA) is 3.24 Å². The fourth-order valence-electron chi connectivity index (χ4n) is 8.95. The first kappa shape index (κ1) is 29.5. The fraction of sp³-hybridized carbons (Fsp3) is 0.125. The average molecular weight is 660 g/mol. The molecule has 0 aliphatic heterocycles. The molecule has 0 atom stereocenters. The maximum atomic E-state index is 2.51. The lowest BCUT2D eigenvalue weighted by Crippen LogP contribution is -2.18. The van der Waals surface area contributed by atoms with Gasteiger partial charge in [0.1, 0.15) is 0 Å². The van der Waals surface area contributed by atoms with Crippen LogP contribution < -0.4 is 4.90 Å². The summed E-state index contributed by atoms with van der Waals surface area (Å²) in [5.74, 6) is 0. The van der Waals surface area contributed by atoms with E-state index in [1.807, 2.05) is 11.3 Å². The molecule has 0 fully saturated rings. The number of nitrogens with zero attached hydrogens (tertiary/aromatic N) is 1. The van der Waals surface area contributed by atoms with Crippen LogP contribution in [0.25, 0.3) is 53.6 Å². The number of para-hydroxylation sites is 1. The molecule has 0 saturated carbocycles. The van der Waals surface area contributed by atoms with Crippen molar-refractivity contribution in [1.29, 1.82) is 0 Å². The summed E-state index contributed by atoms with van der Waals surface area (Å²) in [7, 11) is 0. The summed E-state index contributed by atoms with van der Waals surface area (Å²) in [6.45, 7) is 9.49. The van der Waals surface area contributed by atoms with E-state index in [1.165, 1.54) is 92.9 Å². The van der Waals surface area contributed by atoms with Gasteiger partial charge in [-0.05, 0) is 80.9 Å². The van der Waals surface area contributed by atoms with E-state index >= 15 is 0 Å². The molecule has 0 unspecified atom stereocenters. The number of hydrogen-bond donors (Lipinski definition) is 0. The van der Waals surface area contributed by atoms with Gasteiger partial charge in [0.25, 0.3) is 0 Å². The van der Waals surface area contributed by atoms with Crippen molar-refractivity contribution in [2.45, 2.75) is 38.5 Å². The quantitative estimate of drug-likeness (QED) is 0.182. The first-order valence-corrected chi connectivity index (χ1v) is 18.4. The molecule has 0 bridgehead atoms. The van der Waals surface area contributed by atoms with Gasteiger partial charge in [0.2, 0.25) is 0 Å². The Bertz CT molecular complexity index is 2560. The minimum atomic E-state index is -0.0998. The van der Waals surface area contributed by atoms with Gasteiger partial charge in [-0.3, -0.25) is 0 Å². The second kappa shape index (κ2) is 10.5. The summed E-state index contributed by atoms with van der Waals surface area (Å²) < 4.78 is 2.65. The lowest BCUT2D eigenvalue weighted by molar-refractivity contribution is 0.660. The van der Waals surface area contributed by atoms with Crippen LogP contribution in [-0.2, 0) is 10.8 Å². The third-order valence-electron chi connectivity index (χ3n) is 11.5. The Morgan fingerprint density at radius 3 is 1.52 bits per heavy atom. The van der Waals surface area contributed by atoms with Crippen LogP contribution in [0.15, 0.2) is 152 Å². The van der Waals surface area contributed by atoms with E-state index in [9.17, 15) is 0 Å². The van der Waals surface area contributed by atoms with Gasteiger partial charge in [0.05, 0.1) is 5.69 Å². The summed E-state index contributed by atoms with van der Waals surface area (Å²) in [5.41, 5.74) is 16.7. The molecule has 0 radical (unpaired) electrons. The molecule has 8 aromatic rings. The molecule has 0 saturated heterocycles. The normalized spacial score (nSPS) is 14.7. The van der Waals surface area contributed by atoms with E-state index in [-0.39, 0.29) is 10.8 Å². The first-order valence-electron chi connectivity index (χ1n) is 17.6. The van der Waals surface area contributed by atoms with Crippen LogP contribution >= 0.6 is 11.3 Å². The van der Waals surface area contributed by atoms with E-state index in [2.05, 4.69) is 184 Å². The smallest absolute Gasteiger partial charge is 0.0540 e. The number of thiophene rings is 1. The molecule has 2 aliphatic rings. The molecule has 2 heteroatoms. The summed E-state index contributed by atoms with van der Waals surface area (Å²) in [6, 6.07) is 56.7. The maximum Gasteiger partial charge on any atom is 0.0540 e. The molecule has 0 spiro atoms. The Labute approximate surface area is 298 Å². The molecule has 1 nitrogen and oxygen atoms in total. The van der Waals surface area contributed by atoms with Crippen LogP contribution in [0.5, 0.6) is 0 Å². The highest BCUT2D eigenvalue weighted by atomic mass is 32.1. The highest BCUT2D eigenvalue weighted by Crippen LogP contribution is 2.54. The zero-order chi connectivity index (χ0) is 33.8. The van der Waals surface area contributed by atoms with Crippen LogP contribution in [0, 0.1) is 0 Å². The Balaban J connectivity index is 1.23. The van der Waals surface area contributed by atoms with Crippen LogP contribution in [0.1, 0.15) is 49.9 Å². The van der Waals surface area contributed by atoms with Crippen LogP contribution in [0.4, 0.5) is 17.1 Å². The minimum absolute atomic E-state index is 0.0998. The molecule has 50 heavy (non-hydrogen) atoms. The third-order valence-corrected chi connectivity index (χ3v) is 12.7. The van der Waals surface area contributed by atoms with Crippen molar-refractivity contribution >= 4 is 48.6 Å². The Kier molecular flexibility index (Phi) is 6.21. The summed E-state index contributed by atoms with van der Waals surface area (Å²) >= 11 is 1.89. The van der Waals surface area contributed by atoms with Crippen LogP contribution in [0.2, 0.25) is 0 Å². The van der Waals surface area contributed by atoms with Crippen LogP contribution in [-0.4, -0.2) is 0 Å². The molecule has 0 amide bonds. The van der Waals surface area contributed by atoms with Crippen molar-refractivity contribution in [3.8, 4) is 33.4 Å². The average Bonchev–Trinajstić information content (AvgIpc) is 3.72. The zero-order valence-electron chi connectivity index (χ0n) is 28.8. The third kappa shape index (κ3) is 4.06. The standard InChI is InChI=1S/C48H37NS/c1-47(2)40-20-9-5-14-32(40)34-26-24-30(28-42(34)47)49(31-25-27-35-33-15-6-10-21-41(33)48(3,4)43(35)29-31)44-22-11-7-16-36(44)38-18-13-19-39-37-17-8-12-23-45(37)50-46(38)39/h5-29H,1-4H3. The SMILES string of the molecule is CC1(C)c2ccccc2-c2ccc(N(c3ccc4c(c3)C(C)(C)c3ccccc3-4)c3ccccc3-c3cccc4c3sc3ccccc34)cc21. The number of fused-ring (bicyclic) bond motifs is 9. The molecular formula is C48H37NS. The molecule has 2 aliphatic carbocycles. The molecule has 10 rings (SSSR count). The van der Waals surface area contributed by atoms with Gasteiger partial charge < -0.3 is 4.90 Å². The van der Waals surface area contributed by atoms with Gasteiger partial charge >= 0.3 is 0 Å². The van der Waals surface area contributed by atoms with Crippen molar-refractivity contribution in [3.63, 3.8) is 0 Å². The second-order valence-electron chi connectivity index (χ2n) is 14.9. The molecule has 7 aromatic carbocycles. The molecule has 1 heterocycles. The van der Waals surface area contributed by atoms with Crippen molar-refractivity contribution in [2.24, 2.45) is 0 Å². The van der Waals surface area contributed by atoms with Gasteiger partial charge in [-0.1, -0.05) is 143 Å². The molecule has 0 N–H and O–H groups in total. The second-order valence-corrected chi connectivity index (χ2v) is 16.0. The van der Waals surface area contributed by atoms with Crippen LogP contribution in [0.3, 0.4) is 0 Å². The van der Waals surface area contributed by atoms with E-state index in [0.717, 1.165) is 0 Å². The number of hydrogen-bond acceptors (Lipinski definition) is 2. The molecule has 240 valence electrons. The van der Waals surface area contributed by atoms with Crippen molar-refractivity contribution in [1.82, 2.24) is 0 Å². The van der Waals surface area contributed by atoms with Gasteiger partial charge in [-0.2, -0.15) is 0 Å². The molecular weight excluding hydrogens is 623 g/mol. The van der Waals surface area contributed by atoms with E-state index in [4.69, 9.17) is 0 Å². The summed E-state index contributed by atoms with van der Waals surface area (Å²) in [4.78, 5) is 2.51. The number of anilines is 3. The lowest BCUT2D eigenvalue weighted by Gasteiger charge is -2.31. The zero-order valence-corrected chi connectivity index (χ0v) is 29.6. The highest BCUT2D eigenvalue weighted by Gasteiger charge is 2.38. The van der Waals surface area contributed by atoms with Crippen molar-refractivity contribution in [2.75, 3.05) is 4.90 Å². The fourth-order valence-corrected chi connectivity index (χ4v) is 10.2. The van der Waals surface area contributed by atoms with Gasteiger partial charge in [-0.25, -0.2) is 0 Å². The lowest BCUT2D eigenvalue weighted by atomic mass is 9.82. The van der Waals surface area contributed by atoms with E-state index in [0.29, 0.717) is 0 Å². The number of benzene rings is 7. The van der Waals surface area contributed by atoms with Crippen molar-refractivity contribution < 1.29 is 0 Å². The predicted octanol–water partition coefficient (Wildman–Crippen LogP) is 13.8. The van der Waals surface area contributed by atoms with Gasteiger partial charge in [-0.15, -0.1) is 11.3 Å². The predicted molar refractivity (Wildman–Crippen MR) is 215 cm³/mol. The first-order chi connectivity index (χ1) is 24.3. The number of rotatable bonds is 4. The minimum Gasteiger partial charge on any atom is -0.310 e. The Morgan fingerprint density at radius 1 is 0.400 bits per heavy atom. The van der Waals surface area contributed by atoms with Crippen molar-refractivity contribution in [3.05, 3.63) is 174 Å². The maximum absolute atomic E-state index is 2.51. The highest BCUT2D eigenvalue weighted by molar-refractivity contribution is 7.26. The van der Waals surface area contributed by atoms with Gasteiger partial charge in [0, 0.05) is 53.5 Å². The van der Waals surface area contributed by atoms with Gasteiger partial charge in [0.15, 0.2) is 0 Å². The monoisotopic (exact) mass is 659 g/mol.